The summed E-state index contributed by atoms with van der Waals surface area (Å²) in [5, 5.41) is 1.97. The number of benzene rings is 3. The number of nitrogens with zero attached hydrogens (tertiary/aromatic N) is 1. The first kappa shape index (κ1) is 32.1. The summed E-state index contributed by atoms with van der Waals surface area (Å²) in [7, 11) is 0. The van der Waals surface area contributed by atoms with Gasteiger partial charge in [0.2, 0.25) is 11.8 Å². The number of hydrogen-bond acceptors (Lipinski definition) is 9. The summed E-state index contributed by atoms with van der Waals surface area (Å²) < 4.78 is 52.1. The van der Waals surface area contributed by atoms with E-state index in [1.54, 1.807) is 43.3 Å². The van der Waals surface area contributed by atoms with Crippen LogP contribution in [0.5, 0.6) is 5.75 Å². The number of nitrogens with one attached hydrogen (secondary N) is 2. The van der Waals surface area contributed by atoms with E-state index in [1.165, 1.54) is 24.3 Å². The number of alkyl halides is 3. The van der Waals surface area contributed by atoms with Gasteiger partial charge >= 0.3 is 17.0 Å². The summed E-state index contributed by atoms with van der Waals surface area (Å²) in [6, 6.07) is 16.9. The van der Waals surface area contributed by atoms with E-state index in [0.29, 0.717) is 37.4 Å². The number of halogens is 3. The maximum absolute atomic E-state index is 13.9. The summed E-state index contributed by atoms with van der Waals surface area (Å²) in [5.74, 6) is -4.13. The molecule has 2 aliphatic rings. The van der Waals surface area contributed by atoms with Crippen LogP contribution in [0.1, 0.15) is 39.2 Å². The van der Waals surface area contributed by atoms with Crippen LogP contribution < -0.4 is 19.8 Å². The average molecular weight is 684 g/mol. The van der Waals surface area contributed by atoms with Gasteiger partial charge in [-0.25, -0.2) is 9.69 Å². The molecule has 47 heavy (non-hydrogen) atoms. The number of rotatable bonds is 8. The molecule has 1 fully saturated rings. The molecule has 0 saturated carbocycles. The Labute approximate surface area is 272 Å². The van der Waals surface area contributed by atoms with Gasteiger partial charge in [-0.15, -0.1) is 0 Å². The minimum Gasteiger partial charge on any atom is -0.484 e. The van der Waals surface area contributed by atoms with Crippen molar-refractivity contribution in [2.75, 3.05) is 23.4 Å². The highest BCUT2D eigenvalue weighted by Gasteiger charge is 2.57. The molecule has 4 aromatic rings. The number of H-pyrrole nitrogens is 1. The van der Waals surface area contributed by atoms with E-state index in [2.05, 4.69) is 10.3 Å². The molecule has 242 valence electrons. The van der Waals surface area contributed by atoms with E-state index in [1.807, 2.05) is 0 Å². The number of carbonyl (C=O) groups excluding carboxylic acids is 4. The van der Waals surface area contributed by atoms with Crippen molar-refractivity contribution in [2.45, 2.75) is 29.3 Å². The molecule has 1 saturated heterocycles. The lowest BCUT2D eigenvalue weighted by Gasteiger charge is -2.29. The first-order chi connectivity index (χ1) is 22.5. The number of anilines is 2. The van der Waals surface area contributed by atoms with Gasteiger partial charge in [-0.3, -0.25) is 19.2 Å². The molecule has 0 bridgehead atoms. The largest absolute Gasteiger partial charge is 0.484 e. The summed E-state index contributed by atoms with van der Waals surface area (Å²) in [6.45, 7) is 1.58. The smallest absolute Gasteiger partial charge is 0.418 e. The number of esters is 1. The van der Waals surface area contributed by atoms with Gasteiger partial charge in [0.15, 0.2) is 6.61 Å². The Hall–Kier alpha value is -4.89. The molecule has 3 atom stereocenters. The molecule has 0 radical (unpaired) electrons. The summed E-state index contributed by atoms with van der Waals surface area (Å²) in [6.07, 6.45) is -4.80. The Balaban J connectivity index is 1.20. The molecule has 0 spiro atoms. The SMILES string of the molecule is CCOC(=O)c1ccc(NC(=O)COc2ccc(C3c4sc(=O)[nH]c4SC4C(=O)N(c5ccccc5C(F)(F)F)C(=O)C43)cc2)cc1. The van der Waals surface area contributed by atoms with Gasteiger partial charge in [0.1, 0.15) is 11.0 Å². The molecular weight excluding hydrogens is 659 g/mol. The van der Waals surface area contributed by atoms with Crippen LogP contribution in [0.2, 0.25) is 0 Å². The van der Waals surface area contributed by atoms with Crippen LogP contribution in [0.4, 0.5) is 24.5 Å². The fourth-order valence-electron chi connectivity index (χ4n) is 5.54. The molecule has 3 heterocycles. The molecular formula is C32H24F3N3O7S2. The number of amides is 3. The molecule has 2 aliphatic heterocycles. The number of thioether (sulfide) groups is 1. The van der Waals surface area contributed by atoms with Crippen LogP contribution in [0.25, 0.3) is 0 Å². The van der Waals surface area contributed by atoms with E-state index in [4.69, 9.17) is 9.47 Å². The maximum Gasteiger partial charge on any atom is 0.418 e. The quantitative estimate of drug-likeness (QED) is 0.185. The van der Waals surface area contributed by atoms with Gasteiger partial charge in [-0.05, 0) is 61.0 Å². The zero-order valence-electron chi connectivity index (χ0n) is 24.3. The Bertz CT molecular complexity index is 1920. The van der Waals surface area contributed by atoms with Gasteiger partial charge < -0.3 is 19.8 Å². The van der Waals surface area contributed by atoms with Crippen LogP contribution in [0, 0.1) is 5.92 Å². The molecule has 3 amide bonds. The minimum atomic E-state index is -4.80. The van der Waals surface area contributed by atoms with Crippen LogP contribution in [0.3, 0.4) is 0 Å². The molecule has 6 rings (SSSR count). The summed E-state index contributed by atoms with van der Waals surface area (Å²) in [4.78, 5) is 67.4. The third-order valence-corrected chi connectivity index (χ3v) is 9.96. The second-order valence-corrected chi connectivity index (χ2v) is 12.6. The molecule has 10 nitrogen and oxygen atoms in total. The number of thiazole rings is 1. The predicted octanol–water partition coefficient (Wildman–Crippen LogP) is 5.45. The van der Waals surface area contributed by atoms with Crippen molar-refractivity contribution in [1.82, 2.24) is 4.98 Å². The minimum absolute atomic E-state index is 0.238. The molecule has 0 aliphatic carbocycles. The zero-order chi connectivity index (χ0) is 33.5. The normalized spacial score (nSPS) is 18.8. The van der Waals surface area contributed by atoms with E-state index >= 15 is 0 Å². The zero-order valence-corrected chi connectivity index (χ0v) is 26.0. The van der Waals surface area contributed by atoms with E-state index in [-0.39, 0.29) is 13.2 Å². The molecule has 2 N–H and O–H groups in total. The van der Waals surface area contributed by atoms with Crippen LogP contribution in [-0.4, -0.2) is 47.1 Å². The third kappa shape index (κ3) is 6.27. The van der Waals surface area contributed by atoms with Crippen molar-refractivity contribution in [3.05, 3.63) is 104 Å². The van der Waals surface area contributed by atoms with Crippen molar-refractivity contribution in [1.29, 1.82) is 0 Å². The predicted molar refractivity (Wildman–Crippen MR) is 167 cm³/mol. The highest BCUT2D eigenvalue weighted by Crippen LogP contribution is 2.54. The van der Waals surface area contributed by atoms with Crippen molar-refractivity contribution in [2.24, 2.45) is 5.92 Å². The molecule has 15 heteroatoms. The topological polar surface area (TPSA) is 135 Å². The Morgan fingerprint density at radius 3 is 2.34 bits per heavy atom. The van der Waals surface area contributed by atoms with Gasteiger partial charge in [0.25, 0.3) is 5.91 Å². The van der Waals surface area contributed by atoms with Crippen LogP contribution >= 0.6 is 23.1 Å². The number of aromatic nitrogens is 1. The Morgan fingerprint density at radius 2 is 1.66 bits per heavy atom. The second kappa shape index (κ2) is 12.7. The average Bonchev–Trinajstić information content (AvgIpc) is 3.54. The van der Waals surface area contributed by atoms with Gasteiger partial charge in [0.05, 0.1) is 34.4 Å². The van der Waals surface area contributed by atoms with Crippen molar-refractivity contribution in [3.63, 3.8) is 0 Å². The van der Waals surface area contributed by atoms with E-state index in [9.17, 15) is 37.1 Å². The molecule has 3 aromatic carbocycles. The highest BCUT2D eigenvalue weighted by atomic mass is 32.2. The Kier molecular flexibility index (Phi) is 8.68. The molecule has 1 aromatic heterocycles. The highest BCUT2D eigenvalue weighted by molar-refractivity contribution is 8.00. The summed E-state index contributed by atoms with van der Waals surface area (Å²) in [5.41, 5.74) is -0.342. The second-order valence-electron chi connectivity index (χ2n) is 10.5. The fourth-order valence-corrected chi connectivity index (χ4v) is 8.06. The van der Waals surface area contributed by atoms with Crippen molar-refractivity contribution < 1.29 is 41.8 Å². The number of fused-ring (bicyclic) bond motifs is 2. The lowest BCUT2D eigenvalue weighted by atomic mass is 9.83. The monoisotopic (exact) mass is 683 g/mol. The van der Waals surface area contributed by atoms with E-state index in [0.717, 1.165) is 35.2 Å². The number of aromatic amines is 1. The number of hydrogen-bond donors (Lipinski definition) is 2. The lowest BCUT2D eigenvalue weighted by molar-refractivity contribution is -0.137. The first-order valence-electron chi connectivity index (χ1n) is 14.2. The van der Waals surface area contributed by atoms with E-state index < -0.39 is 63.1 Å². The summed E-state index contributed by atoms with van der Waals surface area (Å²) >= 11 is 1.83. The molecule has 3 unspecified atom stereocenters. The fraction of sp³-hybridized carbons (Fsp3) is 0.219. The van der Waals surface area contributed by atoms with Crippen LogP contribution in [-0.2, 0) is 25.3 Å². The Morgan fingerprint density at radius 1 is 0.957 bits per heavy atom. The van der Waals surface area contributed by atoms with Crippen molar-refractivity contribution >= 4 is 58.2 Å². The van der Waals surface area contributed by atoms with Crippen LogP contribution in [0.15, 0.2) is 82.6 Å². The standard InChI is InChI=1S/C32H24F3N3O7S2/c1-2-44-30(42)17-7-11-18(12-8-17)36-22(39)15-45-19-13-9-16(10-14-19)23-24-26(46-27-25(23)47-31(43)37-27)29(41)38(28(24)40)21-6-4-3-5-20(21)32(33,34)35/h3-14,23-24,26H,2,15H2,1H3,(H,36,39)(H,37,43). The number of ether oxygens (including phenoxy) is 2. The number of imide groups is 1. The third-order valence-electron chi connectivity index (χ3n) is 7.56. The van der Waals surface area contributed by atoms with Gasteiger partial charge in [-0.2, -0.15) is 13.2 Å². The maximum atomic E-state index is 13.9. The number of para-hydroxylation sites is 1. The lowest BCUT2D eigenvalue weighted by Crippen LogP contribution is -2.33. The van der Waals surface area contributed by atoms with Gasteiger partial charge in [0, 0.05) is 16.5 Å². The first-order valence-corrected chi connectivity index (χ1v) is 15.9. The number of carbonyl (C=O) groups is 4. The van der Waals surface area contributed by atoms with Gasteiger partial charge in [-0.1, -0.05) is 47.4 Å². The van der Waals surface area contributed by atoms with Crippen molar-refractivity contribution in [3.8, 4) is 5.75 Å².